The summed E-state index contributed by atoms with van der Waals surface area (Å²) in [5.41, 5.74) is 1.36. The maximum atomic E-state index is 9.81. The van der Waals surface area contributed by atoms with Crippen LogP contribution in [0.2, 0.25) is 19.6 Å². The Morgan fingerprint density at radius 3 is 2.19 bits per heavy atom. The minimum Gasteiger partial charge on any atom is -0.544 e. The van der Waals surface area contributed by atoms with Crippen LogP contribution in [0, 0.1) is 0 Å². The lowest BCUT2D eigenvalue weighted by molar-refractivity contribution is 0.148. The van der Waals surface area contributed by atoms with Crippen molar-refractivity contribution < 1.29 is 9.53 Å². The Balaban J connectivity index is 2.24. The van der Waals surface area contributed by atoms with Crippen molar-refractivity contribution in [2.45, 2.75) is 77.6 Å². The normalized spacial score (nSPS) is 13.2. The highest BCUT2D eigenvalue weighted by atomic mass is 28.4. The predicted molar refractivity (Wildman–Crippen MR) is 93.5 cm³/mol. The van der Waals surface area contributed by atoms with E-state index in [1.807, 2.05) is 0 Å². The second-order valence-electron chi connectivity index (χ2n) is 6.90. The van der Waals surface area contributed by atoms with Gasteiger partial charge in [-0.15, -0.1) is 0 Å². The van der Waals surface area contributed by atoms with Gasteiger partial charge in [0.1, 0.15) is 5.75 Å². The molecular formula is C18H32O2Si. The van der Waals surface area contributed by atoms with E-state index < -0.39 is 8.32 Å². The molecule has 0 heterocycles. The zero-order chi connectivity index (χ0) is 15.7. The molecule has 1 unspecified atom stereocenters. The van der Waals surface area contributed by atoms with Crippen LogP contribution in [0.15, 0.2) is 24.3 Å². The van der Waals surface area contributed by atoms with E-state index in [0.717, 1.165) is 44.3 Å². The fourth-order valence-electron chi connectivity index (χ4n) is 2.37. The molecule has 0 amide bonds. The third kappa shape index (κ3) is 8.94. The number of aryl methyl sites for hydroxylation is 1. The molecule has 0 aliphatic heterocycles. The molecular weight excluding hydrogens is 276 g/mol. The predicted octanol–water partition coefficient (Wildman–Crippen LogP) is 5.16. The van der Waals surface area contributed by atoms with Crippen molar-refractivity contribution >= 4 is 8.32 Å². The average molecular weight is 309 g/mol. The van der Waals surface area contributed by atoms with Crippen molar-refractivity contribution in [2.75, 3.05) is 0 Å². The molecule has 0 bridgehead atoms. The Labute approximate surface area is 131 Å². The van der Waals surface area contributed by atoms with Crippen LogP contribution in [0.4, 0.5) is 0 Å². The summed E-state index contributed by atoms with van der Waals surface area (Å²) in [6.07, 6.45) is 7.46. The molecule has 1 N–H and O–H groups in total. The van der Waals surface area contributed by atoms with Gasteiger partial charge in [0, 0.05) is 0 Å². The minimum absolute atomic E-state index is 0.0996. The van der Waals surface area contributed by atoms with Gasteiger partial charge < -0.3 is 9.53 Å². The molecule has 0 aliphatic carbocycles. The summed E-state index contributed by atoms with van der Waals surface area (Å²) in [5, 5.41) is 9.81. The van der Waals surface area contributed by atoms with Gasteiger partial charge >= 0.3 is 0 Å². The topological polar surface area (TPSA) is 29.5 Å². The van der Waals surface area contributed by atoms with Crippen LogP contribution in [0.3, 0.4) is 0 Å². The van der Waals surface area contributed by atoms with Crippen LogP contribution in [0.25, 0.3) is 0 Å². The Morgan fingerprint density at radius 2 is 1.62 bits per heavy atom. The second kappa shape index (κ2) is 9.26. The lowest BCUT2D eigenvalue weighted by atomic mass is 10.0. The first-order valence-corrected chi connectivity index (χ1v) is 11.8. The third-order valence-electron chi connectivity index (χ3n) is 3.49. The van der Waals surface area contributed by atoms with Crippen LogP contribution in [0.5, 0.6) is 5.75 Å². The molecule has 1 aromatic rings. The molecule has 0 saturated carbocycles. The molecule has 0 fully saturated rings. The number of hydrogen-bond acceptors (Lipinski definition) is 2. The molecule has 0 saturated heterocycles. The van der Waals surface area contributed by atoms with Crippen molar-refractivity contribution in [1.29, 1.82) is 0 Å². The standard InChI is InChI=1S/C18H32O2Si/c1-5-6-10-17(19)11-8-7-9-16-12-14-18(15-13-16)20-21(2,3)4/h12-15,17,19H,5-11H2,1-4H3. The van der Waals surface area contributed by atoms with Crippen LogP contribution in [-0.4, -0.2) is 19.5 Å². The van der Waals surface area contributed by atoms with Gasteiger partial charge in [0.25, 0.3) is 0 Å². The SMILES string of the molecule is CCCCC(O)CCCCc1ccc(O[Si](C)(C)C)cc1. The van der Waals surface area contributed by atoms with Crippen molar-refractivity contribution in [1.82, 2.24) is 0 Å². The Hall–Kier alpha value is -0.803. The fourth-order valence-corrected chi connectivity index (χ4v) is 3.21. The maximum absolute atomic E-state index is 9.81. The van der Waals surface area contributed by atoms with Crippen molar-refractivity contribution in [2.24, 2.45) is 0 Å². The van der Waals surface area contributed by atoms with E-state index in [1.165, 1.54) is 12.0 Å². The van der Waals surface area contributed by atoms with Gasteiger partial charge in [0.05, 0.1) is 6.10 Å². The zero-order valence-electron chi connectivity index (χ0n) is 14.2. The quantitative estimate of drug-likeness (QED) is 0.477. The summed E-state index contributed by atoms with van der Waals surface area (Å²) in [6, 6.07) is 8.51. The van der Waals surface area contributed by atoms with Crippen LogP contribution in [-0.2, 0) is 6.42 Å². The molecule has 0 radical (unpaired) electrons. The van der Waals surface area contributed by atoms with E-state index in [4.69, 9.17) is 4.43 Å². The summed E-state index contributed by atoms with van der Waals surface area (Å²) >= 11 is 0. The Morgan fingerprint density at radius 1 is 1.00 bits per heavy atom. The fraction of sp³-hybridized carbons (Fsp3) is 0.667. The molecule has 1 rings (SSSR count). The smallest absolute Gasteiger partial charge is 0.242 e. The summed E-state index contributed by atoms with van der Waals surface area (Å²) in [6.45, 7) is 8.77. The molecule has 21 heavy (non-hydrogen) atoms. The van der Waals surface area contributed by atoms with E-state index >= 15 is 0 Å². The third-order valence-corrected chi connectivity index (χ3v) is 4.34. The number of unbranched alkanes of at least 4 members (excludes halogenated alkanes) is 2. The lowest BCUT2D eigenvalue weighted by Gasteiger charge is -2.19. The van der Waals surface area contributed by atoms with Crippen molar-refractivity contribution in [3.8, 4) is 5.75 Å². The molecule has 2 nitrogen and oxygen atoms in total. The van der Waals surface area contributed by atoms with E-state index in [0.29, 0.717) is 0 Å². The van der Waals surface area contributed by atoms with E-state index in [-0.39, 0.29) is 6.10 Å². The second-order valence-corrected chi connectivity index (χ2v) is 11.3. The van der Waals surface area contributed by atoms with Gasteiger partial charge in [-0.1, -0.05) is 38.3 Å². The van der Waals surface area contributed by atoms with Gasteiger partial charge in [-0.2, -0.15) is 0 Å². The highest BCUT2D eigenvalue weighted by Crippen LogP contribution is 2.18. The molecule has 120 valence electrons. The summed E-state index contributed by atoms with van der Waals surface area (Å²) in [4.78, 5) is 0. The highest BCUT2D eigenvalue weighted by molar-refractivity contribution is 6.70. The largest absolute Gasteiger partial charge is 0.544 e. The van der Waals surface area contributed by atoms with E-state index in [9.17, 15) is 5.11 Å². The van der Waals surface area contributed by atoms with Crippen molar-refractivity contribution in [3.05, 3.63) is 29.8 Å². The highest BCUT2D eigenvalue weighted by Gasteiger charge is 2.15. The average Bonchev–Trinajstić information content (AvgIpc) is 2.41. The molecule has 1 aromatic carbocycles. The molecule has 1 atom stereocenters. The summed E-state index contributed by atoms with van der Waals surface area (Å²) in [5.74, 6) is 0.993. The number of aliphatic hydroxyl groups is 1. The molecule has 0 spiro atoms. The van der Waals surface area contributed by atoms with Crippen LogP contribution in [0.1, 0.15) is 51.0 Å². The van der Waals surface area contributed by atoms with Crippen LogP contribution >= 0.6 is 0 Å². The monoisotopic (exact) mass is 308 g/mol. The van der Waals surface area contributed by atoms with E-state index in [2.05, 4.69) is 50.8 Å². The summed E-state index contributed by atoms with van der Waals surface area (Å²) < 4.78 is 5.96. The molecule has 0 aromatic heterocycles. The molecule has 0 aliphatic rings. The Kier molecular flexibility index (Phi) is 8.05. The van der Waals surface area contributed by atoms with Gasteiger partial charge in [-0.05, 0) is 63.0 Å². The summed E-state index contributed by atoms with van der Waals surface area (Å²) in [7, 11) is -1.50. The number of rotatable bonds is 10. The van der Waals surface area contributed by atoms with Gasteiger partial charge in [-0.25, -0.2) is 0 Å². The van der Waals surface area contributed by atoms with E-state index in [1.54, 1.807) is 0 Å². The number of benzene rings is 1. The first kappa shape index (κ1) is 18.2. The van der Waals surface area contributed by atoms with Gasteiger partial charge in [0.2, 0.25) is 8.32 Å². The number of aliphatic hydroxyl groups excluding tert-OH is 1. The Bertz CT molecular complexity index is 381. The maximum Gasteiger partial charge on any atom is 0.242 e. The van der Waals surface area contributed by atoms with Gasteiger partial charge in [0.15, 0.2) is 0 Å². The molecule has 3 heteroatoms. The zero-order valence-corrected chi connectivity index (χ0v) is 15.2. The van der Waals surface area contributed by atoms with Crippen molar-refractivity contribution in [3.63, 3.8) is 0 Å². The first-order chi connectivity index (χ1) is 9.90. The first-order valence-electron chi connectivity index (χ1n) is 8.36. The van der Waals surface area contributed by atoms with Gasteiger partial charge in [-0.3, -0.25) is 0 Å². The van der Waals surface area contributed by atoms with Crippen LogP contribution < -0.4 is 4.43 Å². The lowest BCUT2D eigenvalue weighted by Crippen LogP contribution is -2.29. The number of hydrogen-bond donors (Lipinski definition) is 1. The minimum atomic E-state index is -1.50.